The summed E-state index contributed by atoms with van der Waals surface area (Å²) in [6.45, 7) is 0. The number of para-hydroxylation sites is 1. The van der Waals surface area contributed by atoms with E-state index in [2.05, 4.69) is 5.32 Å². The van der Waals surface area contributed by atoms with Crippen LogP contribution in [0.4, 0.5) is 11.4 Å². The number of nitrogens with zero attached hydrogens (tertiary/aromatic N) is 2. The van der Waals surface area contributed by atoms with Gasteiger partial charge in [-0.1, -0.05) is 53.7 Å². The lowest BCUT2D eigenvalue weighted by atomic mass is 10.1. The molecule has 1 aliphatic heterocycles. The number of nitrogens with one attached hydrogen (secondary N) is 1. The summed E-state index contributed by atoms with van der Waals surface area (Å²) in [7, 11) is 1.55. The Hall–Kier alpha value is -3.73. The highest BCUT2D eigenvalue weighted by Crippen LogP contribution is 2.42. The zero-order valence-corrected chi connectivity index (χ0v) is 19.8. The van der Waals surface area contributed by atoms with Crippen LogP contribution in [0.25, 0.3) is 0 Å². The number of amides is 2. The number of nitriles is 1. The van der Waals surface area contributed by atoms with E-state index in [4.69, 9.17) is 16.3 Å². The van der Waals surface area contributed by atoms with E-state index in [1.54, 1.807) is 67.8 Å². The minimum absolute atomic E-state index is 0.128. The van der Waals surface area contributed by atoms with Gasteiger partial charge in [0, 0.05) is 16.4 Å². The molecule has 0 aliphatic carbocycles. The fraction of sp³-hybridized carbons (Fsp3) is 0.115. The van der Waals surface area contributed by atoms with Crippen molar-refractivity contribution in [2.45, 2.75) is 11.7 Å². The van der Waals surface area contributed by atoms with Gasteiger partial charge in [0.25, 0.3) is 5.91 Å². The predicted octanol–water partition coefficient (Wildman–Crippen LogP) is 5.41. The van der Waals surface area contributed by atoms with Crippen LogP contribution in [0.5, 0.6) is 5.75 Å². The van der Waals surface area contributed by atoms with Crippen molar-refractivity contribution in [2.75, 3.05) is 17.3 Å². The first kappa shape index (κ1) is 23.4. The van der Waals surface area contributed by atoms with Crippen LogP contribution in [0.2, 0.25) is 5.02 Å². The summed E-state index contributed by atoms with van der Waals surface area (Å²) >= 11 is 7.20. The van der Waals surface area contributed by atoms with Gasteiger partial charge in [0.05, 0.1) is 12.4 Å². The number of hydrogen-bond acceptors (Lipinski definition) is 5. The van der Waals surface area contributed by atoms with E-state index >= 15 is 0 Å². The third kappa shape index (κ3) is 5.09. The van der Waals surface area contributed by atoms with E-state index in [0.29, 0.717) is 33.6 Å². The molecule has 0 aromatic heterocycles. The average molecular weight is 490 g/mol. The lowest BCUT2D eigenvalue weighted by Gasteiger charge is -2.18. The van der Waals surface area contributed by atoms with Crippen molar-refractivity contribution in [1.29, 1.82) is 5.26 Å². The Morgan fingerprint density at radius 1 is 1.09 bits per heavy atom. The minimum atomic E-state index is -0.587. The first-order valence-corrected chi connectivity index (χ1v) is 11.7. The zero-order chi connectivity index (χ0) is 24.1. The molecular weight excluding hydrogens is 470 g/mol. The van der Waals surface area contributed by atoms with Crippen molar-refractivity contribution in [3.05, 3.63) is 100 Å². The summed E-state index contributed by atoms with van der Waals surface area (Å²) in [5, 5.41) is 13.1. The molecule has 1 heterocycles. The molecule has 1 fully saturated rings. The van der Waals surface area contributed by atoms with E-state index in [1.807, 2.05) is 24.3 Å². The van der Waals surface area contributed by atoms with Crippen molar-refractivity contribution >= 4 is 46.6 Å². The van der Waals surface area contributed by atoms with Crippen LogP contribution in [0.1, 0.15) is 5.56 Å². The molecule has 1 saturated heterocycles. The molecule has 34 heavy (non-hydrogen) atoms. The van der Waals surface area contributed by atoms with E-state index < -0.39 is 11.2 Å². The molecular formula is C26H20ClN3O3S. The molecule has 1 N–H and O–H groups in total. The Balaban J connectivity index is 1.68. The number of ether oxygens (including phenoxy) is 1. The lowest BCUT2D eigenvalue weighted by Crippen LogP contribution is -2.30. The maximum Gasteiger partial charge on any atom is 0.269 e. The molecule has 0 spiro atoms. The van der Waals surface area contributed by atoms with Gasteiger partial charge in [0.1, 0.15) is 22.4 Å². The third-order valence-electron chi connectivity index (χ3n) is 5.20. The number of carbonyl (C=O) groups excluding carboxylic acids is 2. The molecule has 3 aromatic carbocycles. The second-order valence-electron chi connectivity index (χ2n) is 7.42. The Morgan fingerprint density at radius 2 is 1.76 bits per heavy atom. The van der Waals surface area contributed by atoms with Crippen molar-refractivity contribution in [1.82, 2.24) is 0 Å². The number of methoxy groups -OCH3 is 1. The van der Waals surface area contributed by atoms with Gasteiger partial charge >= 0.3 is 0 Å². The van der Waals surface area contributed by atoms with Crippen molar-refractivity contribution < 1.29 is 14.3 Å². The second-order valence-corrected chi connectivity index (χ2v) is 9.05. The predicted molar refractivity (Wildman–Crippen MR) is 135 cm³/mol. The van der Waals surface area contributed by atoms with Crippen molar-refractivity contribution in [3.63, 3.8) is 0 Å². The highest BCUT2D eigenvalue weighted by Gasteiger charge is 2.40. The fourth-order valence-electron chi connectivity index (χ4n) is 3.50. The number of anilines is 2. The third-order valence-corrected chi connectivity index (χ3v) is 6.72. The molecule has 0 radical (unpaired) electrons. The summed E-state index contributed by atoms with van der Waals surface area (Å²) in [5.74, 6) is -0.128. The normalized spacial score (nSPS) is 16.7. The van der Waals surface area contributed by atoms with Crippen LogP contribution in [-0.4, -0.2) is 24.2 Å². The highest BCUT2D eigenvalue weighted by atomic mass is 35.5. The summed E-state index contributed by atoms with van der Waals surface area (Å²) in [5.41, 5.74) is 1.92. The molecule has 1 atom stereocenters. The average Bonchev–Trinajstić information content (AvgIpc) is 3.17. The molecule has 170 valence electrons. The zero-order valence-electron chi connectivity index (χ0n) is 18.2. The minimum Gasteiger partial charge on any atom is -0.497 e. The van der Waals surface area contributed by atoms with Gasteiger partial charge in [-0.3, -0.25) is 14.5 Å². The maximum atomic E-state index is 13.4. The Morgan fingerprint density at radius 3 is 2.38 bits per heavy atom. The van der Waals surface area contributed by atoms with E-state index in [9.17, 15) is 14.9 Å². The van der Waals surface area contributed by atoms with E-state index in [1.165, 1.54) is 16.7 Å². The van der Waals surface area contributed by atoms with Gasteiger partial charge in [-0.2, -0.15) is 5.26 Å². The molecule has 4 rings (SSSR count). The lowest BCUT2D eigenvalue weighted by molar-refractivity contribution is -0.117. The summed E-state index contributed by atoms with van der Waals surface area (Å²) in [6.07, 6.45) is 0.437. The van der Waals surface area contributed by atoms with Crippen LogP contribution in [0.15, 0.2) is 89.5 Å². The van der Waals surface area contributed by atoms with Gasteiger partial charge in [-0.15, -0.1) is 0 Å². The van der Waals surface area contributed by atoms with Crippen LogP contribution < -0.4 is 15.0 Å². The van der Waals surface area contributed by atoms with Gasteiger partial charge in [0.15, 0.2) is 0 Å². The maximum absolute atomic E-state index is 13.4. The number of carbonyl (C=O) groups is 2. The Labute approximate surface area is 206 Å². The summed E-state index contributed by atoms with van der Waals surface area (Å²) in [6, 6.07) is 25.1. The molecule has 3 aromatic rings. The Kier molecular flexibility index (Phi) is 7.21. The number of hydrogen-bond donors (Lipinski definition) is 1. The highest BCUT2D eigenvalue weighted by molar-refractivity contribution is 8.05. The Bertz CT molecular complexity index is 1270. The molecule has 6 nitrogen and oxygen atoms in total. The first-order valence-electron chi connectivity index (χ1n) is 10.4. The molecule has 0 unspecified atom stereocenters. The molecule has 0 saturated carbocycles. The van der Waals surface area contributed by atoms with Crippen LogP contribution in [-0.2, 0) is 16.0 Å². The number of halogens is 1. The van der Waals surface area contributed by atoms with Crippen LogP contribution in [0.3, 0.4) is 0 Å². The van der Waals surface area contributed by atoms with Gasteiger partial charge in [-0.05, 0) is 60.5 Å². The topological polar surface area (TPSA) is 82.4 Å². The largest absolute Gasteiger partial charge is 0.497 e. The fourth-order valence-corrected chi connectivity index (χ4v) is 4.94. The van der Waals surface area contributed by atoms with Crippen LogP contribution >= 0.6 is 23.4 Å². The molecule has 1 aliphatic rings. The molecule has 8 heteroatoms. The second kappa shape index (κ2) is 10.5. The molecule has 0 bridgehead atoms. The van der Waals surface area contributed by atoms with E-state index in [-0.39, 0.29) is 11.5 Å². The monoisotopic (exact) mass is 489 g/mol. The number of benzene rings is 3. The van der Waals surface area contributed by atoms with Gasteiger partial charge in [-0.25, -0.2) is 0 Å². The van der Waals surface area contributed by atoms with Crippen LogP contribution in [0, 0.1) is 11.3 Å². The number of rotatable bonds is 6. The van der Waals surface area contributed by atoms with Gasteiger partial charge in [0.2, 0.25) is 5.91 Å². The quantitative estimate of drug-likeness (QED) is 0.369. The smallest absolute Gasteiger partial charge is 0.269 e. The summed E-state index contributed by atoms with van der Waals surface area (Å²) in [4.78, 5) is 28.0. The number of thioether (sulfide) groups is 1. The standard InChI is InChI=1S/C26H20ClN3O3S/c1-33-21-13-11-19(12-14-21)29-24(31)22(16-28)26-30(20-5-3-2-4-6-20)25(32)23(34-26)15-17-7-9-18(27)10-8-17/h2-14,23H,15H2,1H3,(H,29,31)/b26-22-/t23-/m1/s1. The SMILES string of the molecule is COc1ccc(NC(=O)/C(C#N)=C2\S[C@H](Cc3ccc(Cl)cc3)C(=O)N2c2ccccc2)cc1. The van der Waals surface area contributed by atoms with Crippen molar-refractivity contribution in [2.24, 2.45) is 0 Å². The van der Waals surface area contributed by atoms with Crippen molar-refractivity contribution in [3.8, 4) is 11.8 Å². The van der Waals surface area contributed by atoms with E-state index in [0.717, 1.165) is 5.56 Å². The molecule has 2 amide bonds. The summed E-state index contributed by atoms with van der Waals surface area (Å²) < 4.78 is 5.14. The van der Waals surface area contributed by atoms with Gasteiger partial charge < -0.3 is 10.1 Å². The first-order chi connectivity index (χ1) is 16.5.